The number of hydrogen-bond donors (Lipinski definition) is 2. The van der Waals surface area contributed by atoms with E-state index in [0.717, 1.165) is 28.2 Å². The van der Waals surface area contributed by atoms with Crippen LogP contribution in [0.15, 0.2) is 72.9 Å². The van der Waals surface area contributed by atoms with Gasteiger partial charge in [0.2, 0.25) is 0 Å². The van der Waals surface area contributed by atoms with Gasteiger partial charge in [0.05, 0.1) is 11.6 Å². The Bertz CT molecular complexity index is 658. The Labute approximate surface area is 124 Å². The van der Waals surface area contributed by atoms with E-state index in [2.05, 4.69) is 4.98 Å². The highest BCUT2D eigenvalue weighted by Crippen LogP contribution is 2.31. The van der Waals surface area contributed by atoms with Crippen LogP contribution in [0.3, 0.4) is 0 Å². The van der Waals surface area contributed by atoms with Gasteiger partial charge in [0, 0.05) is 17.6 Å². The third-order valence-electron chi connectivity index (χ3n) is 3.52. The number of nitrogen functional groups attached to an aromatic ring is 2. The minimum absolute atomic E-state index is 0.0763. The van der Waals surface area contributed by atoms with Crippen LogP contribution in [0.1, 0.15) is 22.7 Å². The fraction of sp³-hybridized carbons (Fsp3) is 0.0556. The quantitative estimate of drug-likeness (QED) is 0.720. The summed E-state index contributed by atoms with van der Waals surface area (Å²) in [5, 5.41) is 0. The van der Waals surface area contributed by atoms with Gasteiger partial charge in [-0.15, -0.1) is 0 Å². The summed E-state index contributed by atoms with van der Waals surface area (Å²) in [6.45, 7) is 0. The third kappa shape index (κ3) is 2.87. The Kier molecular flexibility index (Phi) is 3.56. The molecule has 1 heterocycles. The lowest BCUT2D eigenvalue weighted by Gasteiger charge is -2.18. The monoisotopic (exact) mass is 275 g/mol. The van der Waals surface area contributed by atoms with E-state index in [9.17, 15) is 0 Å². The van der Waals surface area contributed by atoms with Crippen molar-refractivity contribution >= 4 is 11.4 Å². The summed E-state index contributed by atoms with van der Waals surface area (Å²) in [6, 6.07) is 21.8. The highest BCUT2D eigenvalue weighted by molar-refractivity contribution is 5.48. The predicted octanol–water partition coefficient (Wildman–Crippen LogP) is 3.43. The number of aromatic nitrogens is 1. The first kappa shape index (κ1) is 13.2. The van der Waals surface area contributed by atoms with Gasteiger partial charge < -0.3 is 11.5 Å². The molecular formula is C18H17N3. The van der Waals surface area contributed by atoms with Crippen molar-refractivity contribution in [1.82, 2.24) is 4.98 Å². The van der Waals surface area contributed by atoms with E-state index >= 15 is 0 Å². The highest BCUT2D eigenvalue weighted by Gasteiger charge is 2.17. The number of anilines is 2. The van der Waals surface area contributed by atoms with Crippen molar-refractivity contribution in [3.05, 3.63) is 89.7 Å². The lowest BCUT2D eigenvalue weighted by atomic mass is 9.88. The molecule has 0 fully saturated rings. The van der Waals surface area contributed by atoms with Crippen molar-refractivity contribution in [2.45, 2.75) is 5.92 Å². The molecule has 0 saturated heterocycles. The maximum absolute atomic E-state index is 5.79. The largest absolute Gasteiger partial charge is 0.399 e. The molecule has 3 rings (SSSR count). The lowest BCUT2D eigenvalue weighted by molar-refractivity contribution is 0.919. The van der Waals surface area contributed by atoms with E-state index < -0.39 is 0 Å². The summed E-state index contributed by atoms with van der Waals surface area (Å²) < 4.78 is 0. The molecule has 0 aliphatic heterocycles. The van der Waals surface area contributed by atoms with Gasteiger partial charge in [-0.05, 0) is 47.5 Å². The number of nitrogens with two attached hydrogens (primary N) is 2. The van der Waals surface area contributed by atoms with Crippen molar-refractivity contribution in [2.24, 2.45) is 0 Å². The molecule has 0 aliphatic rings. The average molecular weight is 275 g/mol. The molecular weight excluding hydrogens is 258 g/mol. The smallest absolute Gasteiger partial charge is 0.0522 e. The van der Waals surface area contributed by atoms with Crippen LogP contribution in [-0.4, -0.2) is 4.98 Å². The van der Waals surface area contributed by atoms with Crippen LogP contribution in [0, 0.1) is 0 Å². The lowest BCUT2D eigenvalue weighted by Crippen LogP contribution is -2.05. The summed E-state index contributed by atoms with van der Waals surface area (Å²) in [5.41, 5.74) is 16.4. The van der Waals surface area contributed by atoms with E-state index in [-0.39, 0.29) is 5.92 Å². The molecule has 0 saturated carbocycles. The normalized spacial score (nSPS) is 10.7. The Morgan fingerprint density at radius 1 is 0.667 bits per heavy atom. The third-order valence-corrected chi connectivity index (χ3v) is 3.52. The van der Waals surface area contributed by atoms with Crippen LogP contribution in [-0.2, 0) is 0 Å². The van der Waals surface area contributed by atoms with E-state index in [4.69, 9.17) is 11.5 Å². The molecule has 0 amide bonds. The molecule has 0 unspecified atom stereocenters. The van der Waals surface area contributed by atoms with Gasteiger partial charge >= 0.3 is 0 Å². The molecule has 2 aromatic carbocycles. The van der Waals surface area contributed by atoms with Crippen molar-refractivity contribution < 1.29 is 0 Å². The van der Waals surface area contributed by atoms with Gasteiger partial charge in [0.15, 0.2) is 0 Å². The van der Waals surface area contributed by atoms with E-state index in [1.54, 1.807) is 0 Å². The molecule has 0 aliphatic carbocycles. The van der Waals surface area contributed by atoms with Gasteiger partial charge in [-0.25, -0.2) is 0 Å². The van der Waals surface area contributed by atoms with Gasteiger partial charge in [0.1, 0.15) is 0 Å². The molecule has 3 nitrogen and oxygen atoms in total. The highest BCUT2D eigenvalue weighted by atomic mass is 14.7. The van der Waals surface area contributed by atoms with Gasteiger partial charge in [0.25, 0.3) is 0 Å². The zero-order valence-electron chi connectivity index (χ0n) is 11.6. The summed E-state index contributed by atoms with van der Waals surface area (Å²) in [4.78, 5) is 4.51. The zero-order valence-corrected chi connectivity index (χ0v) is 11.6. The zero-order chi connectivity index (χ0) is 14.7. The van der Waals surface area contributed by atoms with Gasteiger partial charge in [-0.2, -0.15) is 0 Å². The topological polar surface area (TPSA) is 64.9 Å². The van der Waals surface area contributed by atoms with Crippen LogP contribution >= 0.6 is 0 Å². The molecule has 0 spiro atoms. The average Bonchev–Trinajstić information content (AvgIpc) is 2.52. The molecule has 0 atom stereocenters. The summed E-state index contributed by atoms with van der Waals surface area (Å²) >= 11 is 0. The second kappa shape index (κ2) is 5.67. The molecule has 1 aromatic heterocycles. The number of pyridine rings is 1. The summed E-state index contributed by atoms with van der Waals surface area (Å²) in [6.07, 6.45) is 1.82. The molecule has 3 aromatic rings. The Hall–Kier alpha value is -2.81. The van der Waals surface area contributed by atoms with Crippen LogP contribution in [0.25, 0.3) is 0 Å². The van der Waals surface area contributed by atoms with Crippen molar-refractivity contribution in [1.29, 1.82) is 0 Å². The predicted molar refractivity (Wildman–Crippen MR) is 86.9 cm³/mol. The maximum Gasteiger partial charge on any atom is 0.0522 e. The van der Waals surface area contributed by atoms with Crippen LogP contribution < -0.4 is 11.5 Å². The standard InChI is InChI=1S/C18H17N3/c19-15-8-4-13(5-9-15)18(17-3-1-2-12-21-17)14-6-10-16(20)11-7-14/h1-12,18H,19-20H2. The van der Waals surface area contributed by atoms with Crippen LogP contribution in [0.5, 0.6) is 0 Å². The summed E-state index contributed by atoms with van der Waals surface area (Å²) in [5.74, 6) is 0.0763. The first-order valence-electron chi connectivity index (χ1n) is 6.86. The second-order valence-corrected chi connectivity index (χ2v) is 5.02. The second-order valence-electron chi connectivity index (χ2n) is 5.02. The number of hydrogen-bond acceptors (Lipinski definition) is 3. The van der Waals surface area contributed by atoms with Crippen molar-refractivity contribution in [2.75, 3.05) is 11.5 Å². The molecule has 104 valence electrons. The number of rotatable bonds is 3. The first-order chi connectivity index (χ1) is 10.2. The molecule has 0 radical (unpaired) electrons. The SMILES string of the molecule is Nc1ccc(C(c2ccc(N)cc2)c2ccccn2)cc1. The minimum Gasteiger partial charge on any atom is -0.399 e. The summed E-state index contributed by atoms with van der Waals surface area (Å²) in [7, 11) is 0. The fourth-order valence-corrected chi connectivity index (χ4v) is 2.46. The Balaban J connectivity index is 2.11. The fourth-order valence-electron chi connectivity index (χ4n) is 2.46. The van der Waals surface area contributed by atoms with Crippen molar-refractivity contribution in [3.8, 4) is 0 Å². The van der Waals surface area contributed by atoms with E-state index in [1.165, 1.54) is 0 Å². The molecule has 0 bridgehead atoms. The number of nitrogens with zero attached hydrogens (tertiary/aromatic N) is 1. The van der Waals surface area contributed by atoms with Crippen molar-refractivity contribution in [3.63, 3.8) is 0 Å². The van der Waals surface area contributed by atoms with E-state index in [1.807, 2.05) is 72.9 Å². The van der Waals surface area contributed by atoms with Gasteiger partial charge in [-0.1, -0.05) is 30.3 Å². The van der Waals surface area contributed by atoms with Crippen LogP contribution in [0.4, 0.5) is 11.4 Å². The van der Waals surface area contributed by atoms with Gasteiger partial charge in [-0.3, -0.25) is 4.98 Å². The minimum atomic E-state index is 0.0763. The van der Waals surface area contributed by atoms with Crippen LogP contribution in [0.2, 0.25) is 0 Å². The maximum atomic E-state index is 5.79. The number of benzene rings is 2. The Morgan fingerprint density at radius 3 is 1.62 bits per heavy atom. The Morgan fingerprint density at radius 2 is 1.19 bits per heavy atom. The molecule has 4 N–H and O–H groups in total. The first-order valence-corrected chi connectivity index (χ1v) is 6.86. The molecule has 3 heteroatoms. The van der Waals surface area contributed by atoms with E-state index in [0.29, 0.717) is 0 Å². The molecule has 21 heavy (non-hydrogen) atoms.